The van der Waals surface area contributed by atoms with Crippen molar-refractivity contribution >= 4 is 17.0 Å². The molecule has 1 aliphatic rings. The molecule has 3 aromatic rings. The summed E-state index contributed by atoms with van der Waals surface area (Å²) in [4.78, 5) is 6.28. The van der Waals surface area contributed by atoms with Crippen LogP contribution in [0.2, 0.25) is 0 Å². The van der Waals surface area contributed by atoms with Gasteiger partial charge in [0.1, 0.15) is 0 Å². The molecule has 0 aliphatic carbocycles. The number of rotatable bonds is 6. The van der Waals surface area contributed by atoms with Gasteiger partial charge in [0.25, 0.3) is 0 Å². The van der Waals surface area contributed by atoms with Gasteiger partial charge in [0.15, 0.2) is 5.82 Å². The maximum absolute atomic E-state index is 4.42. The van der Waals surface area contributed by atoms with E-state index in [4.69, 9.17) is 0 Å². The molecule has 4 rings (SSSR count). The zero-order valence-electron chi connectivity index (χ0n) is 15.9. The van der Waals surface area contributed by atoms with Crippen LogP contribution in [0.5, 0.6) is 0 Å². The fraction of sp³-hybridized carbons (Fsp3) is 0.450. The smallest absolute Gasteiger partial charge is 0.169 e. The van der Waals surface area contributed by atoms with E-state index in [2.05, 4.69) is 87.0 Å². The largest absolute Gasteiger partial charge is 0.369 e. The van der Waals surface area contributed by atoms with Crippen molar-refractivity contribution in [1.29, 1.82) is 0 Å². The second kappa shape index (κ2) is 8.19. The second-order valence-corrected chi connectivity index (χ2v) is 8.35. The number of nitrogens with zero attached hydrogens (tertiary/aromatic N) is 6. The predicted octanol–water partition coefficient (Wildman–Crippen LogP) is 3.30. The Kier molecular flexibility index (Phi) is 5.50. The van der Waals surface area contributed by atoms with E-state index < -0.39 is 0 Å². The molecule has 1 aliphatic heterocycles. The molecule has 1 fully saturated rings. The van der Waals surface area contributed by atoms with E-state index in [9.17, 15) is 0 Å². The SMILES string of the molecule is CC(C)[C@H](c1nnnn1Cc1cccs1)N1CCN(c2ccccc2)CC1. The number of hydrogen-bond donors (Lipinski definition) is 0. The molecule has 0 spiro atoms. The van der Waals surface area contributed by atoms with Gasteiger partial charge in [0.05, 0.1) is 12.6 Å². The third-order valence-corrected chi connectivity index (χ3v) is 6.03. The molecule has 0 unspecified atom stereocenters. The van der Waals surface area contributed by atoms with E-state index in [1.165, 1.54) is 10.6 Å². The third kappa shape index (κ3) is 4.04. The monoisotopic (exact) mass is 382 g/mol. The van der Waals surface area contributed by atoms with Crippen molar-refractivity contribution in [3.05, 3.63) is 58.5 Å². The molecule has 1 saturated heterocycles. The molecule has 0 amide bonds. The first kappa shape index (κ1) is 18.1. The summed E-state index contributed by atoms with van der Waals surface area (Å²) in [6.07, 6.45) is 0. The molecule has 0 radical (unpaired) electrons. The van der Waals surface area contributed by atoms with Crippen LogP contribution in [-0.2, 0) is 6.54 Å². The summed E-state index contributed by atoms with van der Waals surface area (Å²) in [5.74, 6) is 1.42. The summed E-state index contributed by atoms with van der Waals surface area (Å²) < 4.78 is 1.97. The van der Waals surface area contributed by atoms with Gasteiger partial charge in [-0.2, -0.15) is 0 Å². The van der Waals surface area contributed by atoms with Gasteiger partial charge in [-0.25, -0.2) is 4.68 Å². The normalized spacial score (nSPS) is 16.8. The highest BCUT2D eigenvalue weighted by Gasteiger charge is 2.31. The van der Waals surface area contributed by atoms with E-state index in [0.29, 0.717) is 5.92 Å². The Morgan fingerprint density at radius 2 is 1.78 bits per heavy atom. The van der Waals surface area contributed by atoms with Crippen LogP contribution in [0.1, 0.15) is 30.6 Å². The number of hydrogen-bond acceptors (Lipinski definition) is 6. The summed E-state index contributed by atoms with van der Waals surface area (Å²) in [7, 11) is 0. The Hall–Kier alpha value is -2.25. The van der Waals surface area contributed by atoms with E-state index in [1.54, 1.807) is 11.3 Å². The first-order valence-electron chi connectivity index (χ1n) is 9.55. The number of tetrazole rings is 1. The number of para-hydroxylation sites is 1. The van der Waals surface area contributed by atoms with Crippen LogP contribution in [0.15, 0.2) is 47.8 Å². The molecule has 0 bridgehead atoms. The summed E-state index contributed by atoms with van der Waals surface area (Å²) in [6, 6.07) is 15.1. The molecule has 0 N–H and O–H groups in total. The van der Waals surface area contributed by atoms with Crippen molar-refractivity contribution in [2.45, 2.75) is 26.4 Å². The second-order valence-electron chi connectivity index (χ2n) is 7.32. The number of anilines is 1. The summed E-state index contributed by atoms with van der Waals surface area (Å²) >= 11 is 1.75. The molecule has 1 aromatic carbocycles. The molecule has 3 heterocycles. The molecule has 27 heavy (non-hydrogen) atoms. The maximum Gasteiger partial charge on any atom is 0.169 e. The average Bonchev–Trinajstić information content (AvgIpc) is 3.36. The Balaban J connectivity index is 1.49. The van der Waals surface area contributed by atoms with Crippen molar-refractivity contribution in [1.82, 2.24) is 25.1 Å². The summed E-state index contributed by atoms with van der Waals surface area (Å²) in [5, 5.41) is 14.8. The standard InChI is InChI=1S/C20H26N6S/c1-16(2)19(20-21-22-23-26(20)15-18-9-6-14-27-18)25-12-10-24(11-13-25)17-7-4-3-5-8-17/h3-9,14,16,19H,10-13,15H2,1-2H3/t19-/m1/s1. The van der Waals surface area contributed by atoms with Gasteiger partial charge < -0.3 is 4.90 Å². The highest BCUT2D eigenvalue weighted by molar-refractivity contribution is 7.09. The minimum atomic E-state index is 0.234. The van der Waals surface area contributed by atoms with Crippen molar-refractivity contribution < 1.29 is 0 Å². The molecular formula is C20H26N6S. The van der Waals surface area contributed by atoms with E-state index in [1.807, 2.05) is 4.68 Å². The highest BCUT2D eigenvalue weighted by Crippen LogP contribution is 2.29. The average molecular weight is 383 g/mol. The van der Waals surface area contributed by atoms with Crippen LogP contribution in [0.25, 0.3) is 0 Å². The lowest BCUT2D eigenvalue weighted by molar-refractivity contribution is 0.135. The third-order valence-electron chi connectivity index (χ3n) is 5.17. The quantitative estimate of drug-likeness (QED) is 0.655. The topological polar surface area (TPSA) is 50.1 Å². The lowest BCUT2D eigenvalue weighted by Crippen LogP contribution is -2.49. The van der Waals surface area contributed by atoms with Gasteiger partial charge in [-0.15, -0.1) is 16.4 Å². The number of aromatic nitrogens is 4. The lowest BCUT2D eigenvalue weighted by atomic mass is 10.0. The Morgan fingerprint density at radius 1 is 1.00 bits per heavy atom. The van der Waals surface area contributed by atoms with Gasteiger partial charge in [0.2, 0.25) is 0 Å². The molecule has 1 atom stereocenters. The van der Waals surface area contributed by atoms with Gasteiger partial charge in [-0.1, -0.05) is 38.1 Å². The van der Waals surface area contributed by atoms with Crippen molar-refractivity contribution in [2.24, 2.45) is 5.92 Å². The zero-order valence-corrected chi connectivity index (χ0v) is 16.7. The Bertz CT molecular complexity index is 821. The van der Waals surface area contributed by atoms with Crippen LogP contribution in [0, 0.1) is 5.92 Å². The number of benzene rings is 1. The minimum absolute atomic E-state index is 0.234. The van der Waals surface area contributed by atoms with E-state index in [0.717, 1.165) is 38.5 Å². The molecule has 2 aromatic heterocycles. The Labute approximate surface area is 164 Å². The summed E-state index contributed by atoms with van der Waals surface area (Å²) in [6.45, 7) is 9.36. The van der Waals surface area contributed by atoms with Crippen LogP contribution in [0.3, 0.4) is 0 Å². The maximum atomic E-state index is 4.42. The minimum Gasteiger partial charge on any atom is -0.369 e. The molecular weight excluding hydrogens is 356 g/mol. The Morgan fingerprint density at radius 3 is 2.44 bits per heavy atom. The zero-order chi connectivity index (χ0) is 18.6. The predicted molar refractivity (Wildman–Crippen MR) is 109 cm³/mol. The van der Waals surface area contributed by atoms with Gasteiger partial charge in [-0.3, -0.25) is 4.90 Å². The van der Waals surface area contributed by atoms with Crippen LogP contribution >= 0.6 is 11.3 Å². The number of piperazine rings is 1. The first-order valence-corrected chi connectivity index (χ1v) is 10.4. The van der Waals surface area contributed by atoms with E-state index >= 15 is 0 Å². The van der Waals surface area contributed by atoms with Crippen LogP contribution in [-0.4, -0.2) is 51.3 Å². The van der Waals surface area contributed by atoms with Gasteiger partial charge in [-0.05, 0) is 39.9 Å². The van der Waals surface area contributed by atoms with E-state index in [-0.39, 0.29) is 6.04 Å². The molecule has 142 valence electrons. The molecule has 7 heteroatoms. The molecule has 6 nitrogen and oxygen atoms in total. The van der Waals surface area contributed by atoms with Crippen LogP contribution < -0.4 is 4.90 Å². The molecule has 0 saturated carbocycles. The van der Waals surface area contributed by atoms with Gasteiger partial charge in [0, 0.05) is 36.7 Å². The van der Waals surface area contributed by atoms with Crippen LogP contribution in [0.4, 0.5) is 5.69 Å². The number of thiophene rings is 1. The summed E-state index contributed by atoms with van der Waals surface area (Å²) in [5.41, 5.74) is 1.31. The van der Waals surface area contributed by atoms with Gasteiger partial charge >= 0.3 is 0 Å². The van der Waals surface area contributed by atoms with Crippen molar-refractivity contribution in [3.63, 3.8) is 0 Å². The first-order chi connectivity index (χ1) is 13.2. The van der Waals surface area contributed by atoms with Crippen molar-refractivity contribution in [2.75, 3.05) is 31.1 Å². The lowest BCUT2D eigenvalue weighted by Gasteiger charge is -2.41. The fourth-order valence-corrected chi connectivity index (χ4v) is 4.55. The fourth-order valence-electron chi connectivity index (χ4n) is 3.87. The highest BCUT2D eigenvalue weighted by atomic mass is 32.1. The van der Waals surface area contributed by atoms with Crippen molar-refractivity contribution in [3.8, 4) is 0 Å².